The van der Waals surface area contributed by atoms with Gasteiger partial charge in [0.15, 0.2) is 0 Å². The minimum absolute atomic E-state index is 0.566. The van der Waals surface area contributed by atoms with E-state index in [-0.39, 0.29) is 0 Å². The van der Waals surface area contributed by atoms with E-state index in [2.05, 4.69) is 48.7 Å². The number of hydrogen-bond acceptors (Lipinski definition) is 3. The van der Waals surface area contributed by atoms with Crippen molar-refractivity contribution in [2.45, 2.75) is 58.8 Å². The number of aryl methyl sites for hydroxylation is 1. The van der Waals surface area contributed by atoms with Crippen molar-refractivity contribution in [1.82, 2.24) is 9.97 Å². The highest BCUT2D eigenvalue weighted by atomic mass is 127. The molecule has 3 nitrogen and oxygen atoms in total. The van der Waals surface area contributed by atoms with E-state index < -0.39 is 0 Å². The maximum Gasteiger partial charge on any atom is 0.143 e. The summed E-state index contributed by atoms with van der Waals surface area (Å²) in [5, 5.41) is 3.36. The van der Waals surface area contributed by atoms with Crippen LogP contribution in [-0.4, -0.2) is 16.5 Å². The van der Waals surface area contributed by atoms with Gasteiger partial charge in [-0.15, -0.1) is 0 Å². The van der Waals surface area contributed by atoms with E-state index in [4.69, 9.17) is 9.97 Å². The van der Waals surface area contributed by atoms with Gasteiger partial charge >= 0.3 is 0 Å². The number of nitrogens with one attached hydrogen (secondary N) is 1. The van der Waals surface area contributed by atoms with E-state index in [0.717, 1.165) is 33.4 Å². The van der Waals surface area contributed by atoms with Crippen LogP contribution in [0.1, 0.15) is 63.4 Å². The van der Waals surface area contributed by atoms with Crippen LogP contribution >= 0.6 is 22.6 Å². The second kappa shape index (κ2) is 6.86. The summed E-state index contributed by atoms with van der Waals surface area (Å²) in [6.07, 6.45) is 6.51. The quantitative estimate of drug-likeness (QED) is 0.790. The fourth-order valence-corrected chi connectivity index (χ4v) is 3.31. The van der Waals surface area contributed by atoms with Crippen molar-refractivity contribution in [3.63, 3.8) is 0 Å². The third-order valence-electron chi connectivity index (χ3n) is 4.17. The standard InChI is InChI=1S/C15H24IN3/c1-4-11-6-8-12(9-7-11)14-18-10(3)13(16)15(19-14)17-5-2/h11-12H,4-9H2,1-3H3,(H,17,18,19). The van der Waals surface area contributed by atoms with Gasteiger partial charge in [0.25, 0.3) is 0 Å². The summed E-state index contributed by atoms with van der Waals surface area (Å²) in [5.41, 5.74) is 1.11. The van der Waals surface area contributed by atoms with Crippen molar-refractivity contribution in [3.05, 3.63) is 15.1 Å². The van der Waals surface area contributed by atoms with Crippen LogP contribution in [0.3, 0.4) is 0 Å². The topological polar surface area (TPSA) is 37.8 Å². The molecule has 19 heavy (non-hydrogen) atoms. The average molecular weight is 373 g/mol. The van der Waals surface area contributed by atoms with Crippen LogP contribution in [0.4, 0.5) is 5.82 Å². The Labute approximate surface area is 130 Å². The fraction of sp³-hybridized carbons (Fsp3) is 0.733. The first kappa shape index (κ1) is 15.0. The zero-order valence-electron chi connectivity index (χ0n) is 12.2. The van der Waals surface area contributed by atoms with Crippen LogP contribution in [0.5, 0.6) is 0 Å². The van der Waals surface area contributed by atoms with Crippen LogP contribution in [0, 0.1) is 16.4 Å². The average Bonchev–Trinajstić information content (AvgIpc) is 2.44. The van der Waals surface area contributed by atoms with Crippen molar-refractivity contribution in [1.29, 1.82) is 0 Å². The van der Waals surface area contributed by atoms with Crippen LogP contribution < -0.4 is 5.32 Å². The molecule has 1 aliphatic rings. The minimum atomic E-state index is 0.566. The largest absolute Gasteiger partial charge is 0.369 e. The van der Waals surface area contributed by atoms with Crippen molar-refractivity contribution in [2.24, 2.45) is 5.92 Å². The predicted octanol–water partition coefficient (Wildman–Crippen LogP) is 4.51. The molecule has 0 saturated heterocycles. The molecule has 1 heterocycles. The first-order chi connectivity index (χ1) is 9.15. The minimum Gasteiger partial charge on any atom is -0.369 e. The van der Waals surface area contributed by atoms with Gasteiger partial charge in [0.2, 0.25) is 0 Å². The van der Waals surface area contributed by atoms with E-state index in [1.807, 2.05) is 0 Å². The summed E-state index contributed by atoms with van der Waals surface area (Å²) in [4.78, 5) is 9.50. The second-order valence-corrected chi connectivity index (χ2v) is 6.56. The number of hydrogen-bond donors (Lipinski definition) is 1. The van der Waals surface area contributed by atoms with Gasteiger partial charge in [-0.3, -0.25) is 0 Å². The summed E-state index contributed by atoms with van der Waals surface area (Å²) in [6.45, 7) is 7.42. The van der Waals surface area contributed by atoms with Gasteiger partial charge in [-0.25, -0.2) is 9.97 Å². The third kappa shape index (κ3) is 3.58. The third-order valence-corrected chi connectivity index (χ3v) is 5.46. The first-order valence-corrected chi connectivity index (χ1v) is 8.51. The monoisotopic (exact) mass is 373 g/mol. The maximum absolute atomic E-state index is 4.77. The molecular formula is C15H24IN3. The van der Waals surface area contributed by atoms with Crippen molar-refractivity contribution in [3.8, 4) is 0 Å². The highest BCUT2D eigenvalue weighted by molar-refractivity contribution is 14.1. The molecule has 0 aliphatic heterocycles. The molecule has 1 aliphatic carbocycles. The van der Waals surface area contributed by atoms with Crippen LogP contribution in [0.2, 0.25) is 0 Å². The molecule has 0 aromatic carbocycles. The lowest BCUT2D eigenvalue weighted by molar-refractivity contribution is 0.312. The molecule has 0 spiro atoms. The Hall–Kier alpha value is -0.390. The Morgan fingerprint density at radius 2 is 1.84 bits per heavy atom. The summed E-state index contributed by atoms with van der Waals surface area (Å²) >= 11 is 2.34. The van der Waals surface area contributed by atoms with Crippen LogP contribution in [-0.2, 0) is 0 Å². The molecular weight excluding hydrogens is 349 g/mol. The number of aromatic nitrogens is 2. The SMILES string of the molecule is CCNc1nc(C2CCC(CC)CC2)nc(C)c1I. The van der Waals surface area contributed by atoms with Crippen molar-refractivity contribution in [2.75, 3.05) is 11.9 Å². The molecule has 106 valence electrons. The van der Waals surface area contributed by atoms with Gasteiger partial charge in [0, 0.05) is 12.5 Å². The molecule has 0 bridgehead atoms. The second-order valence-electron chi connectivity index (χ2n) is 5.49. The lowest BCUT2D eigenvalue weighted by Crippen LogP contribution is -2.17. The van der Waals surface area contributed by atoms with Gasteiger partial charge in [-0.05, 0) is 68.0 Å². The Bertz CT molecular complexity index is 426. The molecule has 1 saturated carbocycles. The Morgan fingerprint density at radius 1 is 1.16 bits per heavy atom. The molecule has 1 aromatic heterocycles. The first-order valence-electron chi connectivity index (χ1n) is 7.43. The van der Waals surface area contributed by atoms with Crippen molar-refractivity contribution < 1.29 is 0 Å². The normalized spacial score (nSPS) is 23.4. The van der Waals surface area contributed by atoms with Crippen molar-refractivity contribution >= 4 is 28.4 Å². The molecule has 0 amide bonds. The maximum atomic E-state index is 4.77. The van der Waals surface area contributed by atoms with E-state index in [1.54, 1.807) is 0 Å². The van der Waals surface area contributed by atoms with E-state index in [9.17, 15) is 0 Å². The fourth-order valence-electron chi connectivity index (χ4n) is 2.88. The van der Waals surface area contributed by atoms with E-state index in [1.165, 1.54) is 32.1 Å². The van der Waals surface area contributed by atoms with Gasteiger partial charge in [-0.2, -0.15) is 0 Å². The van der Waals surface area contributed by atoms with Gasteiger partial charge in [-0.1, -0.05) is 13.3 Å². The van der Waals surface area contributed by atoms with Gasteiger partial charge < -0.3 is 5.32 Å². The molecule has 1 fully saturated rings. The zero-order valence-corrected chi connectivity index (χ0v) is 14.3. The summed E-state index contributed by atoms with van der Waals surface area (Å²) in [7, 11) is 0. The zero-order chi connectivity index (χ0) is 13.8. The number of rotatable bonds is 4. The molecule has 0 radical (unpaired) electrons. The van der Waals surface area contributed by atoms with Crippen LogP contribution in [0.15, 0.2) is 0 Å². The Morgan fingerprint density at radius 3 is 2.42 bits per heavy atom. The summed E-state index contributed by atoms with van der Waals surface area (Å²) in [6, 6.07) is 0. The molecule has 0 atom stereocenters. The number of nitrogens with zero attached hydrogens (tertiary/aromatic N) is 2. The Balaban J connectivity index is 2.16. The van der Waals surface area contributed by atoms with Gasteiger partial charge in [0.1, 0.15) is 11.6 Å². The van der Waals surface area contributed by atoms with E-state index >= 15 is 0 Å². The molecule has 0 unspecified atom stereocenters. The number of anilines is 1. The Kier molecular flexibility index (Phi) is 5.42. The predicted molar refractivity (Wildman–Crippen MR) is 88.6 cm³/mol. The summed E-state index contributed by atoms with van der Waals surface area (Å²) in [5.74, 6) is 3.57. The highest BCUT2D eigenvalue weighted by Crippen LogP contribution is 2.36. The smallest absolute Gasteiger partial charge is 0.143 e. The summed E-state index contributed by atoms with van der Waals surface area (Å²) < 4.78 is 1.16. The lowest BCUT2D eigenvalue weighted by atomic mass is 9.80. The molecule has 2 rings (SSSR count). The van der Waals surface area contributed by atoms with Gasteiger partial charge in [0.05, 0.1) is 9.26 Å². The van der Waals surface area contributed by atoms with Crippen LogP contribution in [0.25, 0.3) is 0 Å². The van der Waals surface area contributed by atoms with E-state index in [0.29, 0.717) is 5.92 Å². The molecule has 4 heteroatoms. The molecule has 1 N–H and O–H groups in total. The molecule has 1 aromatic rings. The number of halogens is 1. The highest BCUT2D eigenvalue weighted by Gasteiger charge is 2.24. The lowest BCUT2D eigenvalue weighted by Gasteiger charge is -2.27.